The number of azo groups is 2. The van der Waals surface area contributed by atoms with Gasteiger partial charge in [-0.05, 0) is 60.7 Å². The Morgan fingerprint density at radius 1 is 0.684 bits per heavy atom. The maximum Gasteiger partial charge on any atom is 0.296 e. The molecule has 4 aromatic rings. The molecular formula is C24H21N5O7S2. The van der Waals surface area contributed by atoms with Gasteiger partial charge >= 0.3 is 0 Å². The Hall–Kier alpha value is -4.24. The van der Waals surface area contributed by atoms with Crippen molar-refractivity contribution >= 4 is 59.4 Å². The van der Waals surface area contributed by atoms with Crippen molar-refractivity contribution in [2.75, 3.05) is 5.73 Å². The van der Waals surface area contributed by atoms with Crippen molar-refractivity contribution < 1.29 is 31.0 Å². The first-order chi connectivity index (χ1) is 17.8. The van der Waals surface area contributed by atoms with Crippen LogP contribution in [0.5, 0.6) is 5.75 Å². The number of phenolic OH excluding ortho intramolecular Hbond substituents is 1. The number of nitrogen functional groups attached to an aromatic ring is 1. The summed E-state index contributed by atoms with van der Waals surface area (Å²) in [4.78, 5) is -1.32. The van der Waals surface area contributed by atoms with Gasteiger partial charge in [-0.1, -0.05) is 30.3 Å². The topological polar surface area (TPSA) is 204 Å². The zero-order chi connectivity index (χ0) is 27.8. The molecule has 0 amide bonds. The molecule has 196 valence electrons. The Kier molecular flexibility index (Phi) is 6.99. The molecule has 0 heterocycles. The number of hydrogen-bond donors (Lipinski definition) is 4. The third-order valence-electron chi connectivity index (χ3n) is 5.59. The van der Waals surface area contributed by atoms with Gasteiger partial charge in [0.05, 0.1) is 16.8 Å². The van der Waals surface area contributed by atoms with E-state index < -0.39 is 41.5 Å². The lowest BCUT2D eigenvalue weighted by Crippen LogP contribution is -2.02. The van der Waals surface area contributed by atoms with E-state index in [1.807, 2.05) is 19.1 Å². The molecule has 0 fully saturated rings. The number of fused-ring (bicyclic) bond motifs is 1. The number of rotatable bonds is 6. The zero-order valence-corrected chi connectivity index (χ0v) is 21.6. The fourth-order valence-corrected chi connectivity index (χ4v) is 5.04. The lowest BCUT2D eigenvalue weighted by Gasteiger charge is -2.13. The highest BCUT2D eigenvalue weighted by Crippen LogP contribution is 2.47. The van der Waals surface area contributed by atoms with Crippen LogP contribution in [0.15, 0.2) is 90.9 Å². The summed E-state index contributed by atoms with van der Waals surface area (Å²) in [6.07, 6.45) is 0. The van der Waals surface area contributed by atoms with E-state index in [2.05, 4.69) is 20.5 Å². The smallest absolute Gasteiger partial charge is 0.296 e. The minimum Gasteiger partial charge on any atom is -0.505 e. The van der Waals surface area contributed by atoms with Gasteiger partial charge in [-0.3, -0.25) is 9.11 Å². The normalized spacial score (nSPS) is 12.6. The van der Waals surface area contributed by atoms with Gasteiger partial charge in [0.2, 0.25) is 0 Å². The molecule has 0 saturated heterocycles. The van der Waals surface area contributed by atoms with Gasteiger partial charge in [0.15, 0.2) is 5.75 Å². The van der Waals surface area contributed by atoms with E-state index in [1.54, 1.807) is 19.1 Å². The number of anilines is 1. The van der Waals surface area contributed by atoms with Crippen molar-refractivity contribution in [2.45, 2.75) is 23.6 Å². The summed E-state index contributed by atoms with van der Waals surface area (Å²) in [5.41, 5.74) is 6.86. The van der Waals surface area contributed by atoms with Gasteiger partial charge in [-0.25, -0.2) is 0 Å². The molecule has 0 spiro atoms. The molecule has 0 aromatic heterocycles. The Balaban J connectivity index is 1.96. The highest BCUT2D eigenvalue weighted by Gasteiger charge is 2.24. The van der Waals surface area contributed by atoms with E-state index in [-0.39, 0.29) is 27.8 Å². The van der Waals surface area contributed by atoms with E-state index >= 15 is 0 Å². The molecule has 0 unspecified atom stereocenters. The van der Waals surface area contributed by atoms with E-state index in [4.69, 9.17) is 5.73 Å². The first kappa shape index (κ1) is 26.8. The van der Waals surface area contributed by atoms with Crippen molar-refractivity contribution in [3.63, 3.8) is 0 Å². The molecule has 0 bridgehead atoms. The second-order valence-corrected chi connectivity index (χ2v) is 11.0. The summed E-state index contributed by atoms with van der Waals surface area (Å²) in [5, 5.41) is 27.1. The number of phenols is 1. The maximum absolute atomic E-state index is 12.2. The average Bonchev–Trinajstić information content (AvgIpc) is 2.83. The minimum atomic E-state index is -4.90. The van der Waals surface area contributed by atoms with Gasteiger partial charge in [0.1, 0.15) is 26.9 Å². The van der Waals surface area contributed by atoms with Crippen LogP contribution in [0.1, 0.15) is 11.1 Å². The number of hydrogen-bond acceptors (Lipinski definition) is 10. The molecule has 0 aliphatic rings. The molecule has 0 aliphatic heterocycles. The third-order valence-corrected chi connectivity index (χ3v) is 7.36. The molecule has 4 rings (SSSR count). The first-order valence-electron chi connectivity index (χ1n) is 10.8. The molecule has 38 heavy (non-hydrogen) atoms. The van der Waals surface area contributed by atoms with Crippen LogP contribution in [-0.4, -0.2) is 31.0 Å². The molecule has 4 aromatic carbocycles. The Labute approximate surface area is 217 Å². The molecule has 12 nitrogen and oxygen atoms in total. The standard InChI is InChI=1S/C24H21N5O7S2/c1-13-7-3-4-8-16(13)26-28-22-14(2)11-15-12-19(38(34,35)36)23(21(25)20(15)24(22)30)29-27-17-9-5-6-10-18(17)37(31,32)33/h3-12,30H,25H2,1-2H3,(H,31,32,33)(H,34,35,36). The van der Waals surface area contributed by atoms with E-state index in [0.717, 1.165) is 17.7 Å². The number of nitrogens with zero attached hydrogens (tertiary/aromatic N) is 4. The molecule has 0 atom stereocenters. The van der Waals surface area contributed by atoms with Gasteiger partial charge in [-0.15, -0.1) is 15.3 Å². The van der Waals surface area contributed by atoms with Crippen molar-refractivity contribution in [1.29, 1.82) is 0 Å². The van der Waals surface area contributed by atoms with Gasteiger partial charge in [-0.2, -0.15) is 21.9 Å². The molecule has 14 heteroatoms. The van der Waals surface area contributed by atoms with E-state index in [1.165, 1.54) is 24.3 Å². The Morgan fingerprint density at radius 3 is 1.87 bits per heavy atom. The summed E-state index contributed by atoms with van der Waals surface area (Å²) in [6, 6.07) is 14.8. The molecule has 0 aliphatic carbocycles. The number of aryl methyl sites for hydroxylation is 2. The zero-order valence-electron chi connectivity index (χ0n) is 19.9. The van der Waals surface area contributed by atoms with Crippen LogP contribution in [0.2, 0.25) is 0 Å². The fraction of sp³-hybridized carbons (Fsp3) is 0.0833. The van der Waals surface area contributed by atoms with Crippen molar-refractivity contribution in [1.82, 2.24) is 0 Å². The van der Waals surface area contributed by atoms with E-state index in [0.29, 0.717) is 11.3 Å². The highest BCUT2D eigenvalue weighted by molar-refractivity contribution is 7.86. The largest absolute Gasteiger partial charge is 0.505 e. The average molecular weight is 556 g/mol. The fourth-order valence-electron chi connectivity index (χ4n) is 3.74. The predicted molar refractivity (Wildman–Crippen MR) is 140 cm³/mol. The van der Waals surface area contributed by atoms with Crippen LogP contribution in [0.4, 0.5) is 28.4 Å². The minimum absolute atomic E-state index is 0.0428. The summed E-state index contributed by atoms with van der Waals surface area (Å²) in [7, 11) is -9.59. The molecular weight excluding hydrogens is 534 g/mol. The summed E-state index contributed by atoms with van der Waals surface area (Å²) in [5.74, 6) is -0.425. The van der Waals surface area contributed by atoms with Crippen LogP contribution in [0, 0.1) is 13.8 Å². The first-order valence-corrected chi connectivity index (χ1v) is 13.7. The summed E-state index contributed by atoms with van der Waals surface area (Å²) < 4.78 is 67.0. The second-order valence-electron chi connectivity index (χ2n) is 8.23. The Bertz CT molecular complexity index is 1870. The monoisotopic (exact) mass is 555 g/mol. The van der Waals surface area contributed by atoms with Crippen molar-refractivity contribution in [3.8, 4) is 5.75 Å². The van der Waals surface area contributed by atoms with Crippen LogP contribution in [0.3, 0.4) is 0 Å². The van der Waals surface area contributed by atoms with Crippen molar-refractivity contribution in [2.24, 2.45) is 20.5 Å². The van der Waals surface area contributed by atoms with Gasteiger partial charge in [0, 0.05) is 0 Å². The lowest BCUT2D eigenvalue weighted by molar-refractivity contribution is 0.480. The quantitative estimate of drug-likeness (QED) is 0.124. The highest BCUT2D eigenvalue weighted by atomic mass is 32.2. The summed E-state index contributed by atoms with van der Waals surface area (Å²) in [6.45, 7) is 3.46. The van der Waals surface area contributed by atoms with Crippen LogP contribution in [-0.2, 0) is 20.2 Å². The Morgan fingerprint density at radius 2 is 1.24 bits per heavy atom. The molecule has 0 radical (unpaired) electrons. The number of aromatic hydroxyl groups is 1. The second kappa shape index (κ2) is 9.90. The number of nitrogens with two attached hydrogens (primary N) is 1. The van der Waals surface area contributed by atoms with Crippen LogP contribution < -0.4 is 5.73 Å². The van der Waals surface area contributed by atoms with Gasteiger partial charge < -0.3 is 10.8 Å². The SMILES string of the molecule is Cc1ccccc1N=Nc1c(C)cc2cc(S(=O)(=O)O)c(N=Nc3ccccc3S(=O)(=O)O)c(N)c2c1O. The third kappa shape index (κ3) is 5.24. The molecule has 0 saturated carbocycles. The van der Waals surface area contributed by atoms with Crippen LogP contribution >= 0.6 is 0 Å². The number of benzene rings is 4. The van der Waals surface area contributed by atoms with Gasteiger partial charge in [0.25, 0.3) is 20.2 Å². The lowest BCUT2D eigenvalue weighted by atomic mass is 10.0. The maximum atomic E-state index is 12.2. The molecule has 5 N–H and O–H groups in total. The predicted octanol–water partition coefficient (Wildman–Crippen LogP) is 6.07. The van der Waals surface area contributed by atoms with Crippen molar-refractivity contribution in [3.05, 3.63) is 71.8 Å². The summed E-state index contributed by atoms with van der Waals surface area (Å²) >= 11 is 0. The van der Waals surface area contributed by atoms with E-state index in [9.17, 15) is 31.0 Å². The van der Waals surface area contributed by atoms with Crippen LogP contribution in [0.25, 0.3) is 10.8 Å².